The van der Waals surface area contributed by atoms with Gasteiger partial charge in [-0.3, -0.25) is 0 Å². The van der Waals surface area contributed by atoms with E-state index < -0.39 is 5.97 Å². The molecule has 1 saturated carbocycles. The van der Waals surface area contributed by atoms with Gasteiger partial charge in [-0.2, -0.15) is 0 Å². The summed E-state index contributed by atoms with van der Waals surface area (Å²) in [6.45, 7) is 5.98. The van der Waals surface area contributed by atoms with Crippen LogP contribution in [0.25, 0.3) is 27.7 Å². The highest BCUT2D eigenvalue weighted by Gasteiger charge is 2.44. The molecule has 1 spiro atoms. The van der Waals surface area contributed by atoms with Gasteiger partial charge in [0.1, 0.15) is 17.1 Å². The van der Waals surface area contributed by atoms with Gasteiger partial charge in [-0.15, -0.1) is 0 Å². The van der Waals surface area contributed by atoms with Gasteiger partial charge in [-0.05, 0) is 98.4 Å². The fourth-order valence-corrected chi connectivity index (χ4v) is 6.75. The number of nitrogens with zero attached hydrogens (tertiary/aromatic N) is 3. The highest BCUT2D eigenvalue weighted by atomic mass is 35.5. The molecule has 2 aliphatic carbocycles. The Hall–Kier alpha value is -3.64. The second-order valence-electron chi connectivity index (χ2n) is 11.5. The Kier molecular flexibility index (Phi) is 5.60. The number of anilines is 1. The quantitative estimate of drug-likeness (QED) is 0.278. The van der Waals surface area contributed by atoms with Crippen LogP contribution in [0, 0.1) is 19.3 Å². The summed E-state index contributed by atoms with van der Waals surface area (Å²) in [6, 6.07) is 13.8. The van der Waals surface area contributed by atoms with E-state index in [-0.39, 0.29) is 11.1 Å². The molecule has 3 heterocycles. The number of pyridine rings is 1. The van der Waals surface area contributed by atoms with Crippen LogP contribution in [0.2, 0.25) is 5.02 Å². The number of benzene rings is 2. The van der Waals surface area contributed by atoms with Crippen LogP contribution in [0.5, 0.6) is 0 Å². The fraction of sp³-hybridized carbons (Fsp3) is 0.344. The topological polar surface area (TPSA) is 79.5 Å². The first kappa shape index (κ1) is 24.4. The van der Waals surface area contributed by atoms with Crippen LogP contribution in [0.4, 0.5) is 5.69 Å². The number of carboxylic acids is 1. The minimum absolute atomic E-state index is 0.0887. The zero-order valence-electron chi connectivity index (χ0n) is 22.1. The Morgan fingerprint density at radius 3 is 2.54 bits per heavy atom. The maximum Gasteiger partial charge on any atom is 0.354 e. The Bertz CT molecular complexity index is 1660. The number of hydrogen-bond donors (Lipinski definition) is 1. The number of carboxylic acid groups (broad SMARTS) is 1. The molecule has 1 saturated heterocycles. The van der Waals surface area contributed by atoms with Crippen molar-refractivity contribution < 1.29 is 14.4 Å². The van der Waals surface area contributed by atoms with Crippen LogP contribution in [0.15, 0.2) is 53.1 Å². The summed E-state index contributed by atoms with van der Waals surface area (Å²) in [5, 5.41) is 15.6. The lowest BCUT2D eigenvalue weighted by atomic mass is 9.63. The minimum Gasteiger partial charge on any atom is -0.477 e. The van der Waals surface area contributed by atoms with E-state index in [1.807, 2.05) is 25.1 Å². The first-order chi connectivity index (χ1) is 18.8. The van der Waals surface area contributed by atoms with Gasteiger partial charge in [0, 0.05) is 41.2 Å². The first-order valence-electron chi connectivity index (χ1n) is 13.7. The fourth-order valence-electron chi connectivity index (χ4n) is 6.44. The van der Waals surface area contributed by atoms with Crippen molar-refractivity contribution in [3.8, 4) is 11.3 Å². The van der Waals surface area contributed by atoms with Gasteiger partial charge in [0.25, 0.3) is 0 Å². The van der Waals surface area contributed by atoms with Crippen molar-refractivity contribution >= 4 is 39.7 Å². The number of aryl methyl sites for hydroxylation is 2. The molecule has 7 rings (SSSR count). The first-order valence-corrected chi connectivity index (χ1v) is 14.1. The predicted octanol–water partition coefficient (Wildman–Crippen LogP) is 7.81. The molecule has 2 aromatic carbocycles. The molecule has 0 unspecified atom stereocenters. The van der Waals surface area contributed by atoms with Gasteiger partial charge in [0.2, 0.25) is 0 Å². The highest BCUT2D eigenvalue weighted by molar-refractivity contribution is 6.33. The number of aromatic carboxylic acids is 1. The summed E-state index contributed by atoms with van der Waals surface area (Å²) in [5.74, 6) is 0.512. The highest BCUT2D eigenvalue weighted by Crippen LogP contribution is 2.56. The molecule has 198 valence electrons. The summed E-state index contributed by atoms with van der Waals surface area (Å²) in [6.07, 6.45) is 8.03. The number of rotatable bonds is 5. The lowest BCUT2D eigenvalue weighted by Gasteiger charge is -2.47. The minimum atomic E-state index is -0.997. The Morgan fingerprint density at radius 2 is 1.85 bits per heavy atom. The van der Waals surface area contributed by atoms with Gasteiger partial charge in [-0.25, -0.2) is 9.78 Å². The average molecular weight is 540 g/mol. The maximum absolute atomic E-state index is 11.4. The third kappa shape index (κ3) is 4.13. The third-order valence-corrected chi connectivity index (χ3v) is 9.13. The van der Waals surface area contributed by atoms with Gasteiger partial charge >= 0.3 is 5.97 Å². The van der Waals surface area contributed by atoms with Crippen LogP contribution < -0.4 is 4.90 Å². The molecular weight excluding hydrogens is 510 g/mol. The van der Waals surface area contributed by atoms with E-state index in [1.165, 1.54) is 16.8 Å². The third-order valence-electron chi connectivity index (χ3n) is 8.81. The monoisotopic (exact) mass is 539 g/mol. The van der Waals surface area contributed by atoms with E-state index in [9.17, 15) is 9.90 Å². The zero-order chi connectivity index (χ0) is 26.9. The SMILES string of the molecule is Cc1cccc(Cl)c1-c1noc(C2CC2)c1C1=CC2(CCN(c3ccc4nc(C(=O)O)cc(C)c4c3)CC2)C1. The van der Waals surface area contributed by atoms with Crippen LogP contribution in [0.3, 0.4) is 0 Å². The smallest absolute Gasteiger partial charge is 0.354 e. The van der Waals surface area contributed by atoms with E-state index in [2.05, 4.69) is 46.2 Å². The van der Waals surface area contributed by atoms with Crippen molar-refractivity contribution in [2.75, 3.05) is 18.0 Å². The average Bonchev–Trinajstić information content (AvgIpc) is 3.66. The van der Waals surface area contributed by atoms with Gasteiger partial charge in [-0.1, -0.05) is 35.0 Å². The lowest BCUT2D eigenvalue weighted by Crippen LogP contribution is -2.42. The van der Waals surface area contributed by atoms with E-state index in [0.29, 0.717) is 5.92 Å². The summed E-state index contributed by atoms with van der Waals surface area (Å²) in [5.41, 5.74) is 8.64. The molecule has 4 aromatic rings. The number of halogens is 1. The van der Waals surface area contributed by atoms with Crippen molar-refractivity contribution in [1.82, 2.24) is 10.1 Å². The normalized spacial score (nSPS) is 18.3. The Balaban J connectivity index is 1.14. The Labute approximate surface area is 232 Å². The molecule has 39 heavy (non-hydrogen) atoms. The molecule has 2 fully saturated rings. The molecule has 6 nitrogen and oxygen atoms in total. The van der Waals surface area contributed by atoms with Crippen molar-refractivity contribution in [1.29, 1.82) is 0 Å². The largest absolute Gasteiger partial charge is 0.477 e. The molecule has 0 bridgehead atoms. The molecule has 3 aliphatic rings. The molecule has 0 amide bonds. The number of hydrogen-bond acceptors (Lipinski definition) is 5. The van der Waals surface area contributed by atoms with Gasteiger partial charge in [0.05, 0.1) is 10.5 Å². The standard InChI is InChI=1S/C32H30ClN3O3/c1-18-4-3-5-24(33)27(18)29-28(30(39-35-29)20-6-7-20)21-16-32(17-21)10-12-36(13-11-32)22-8-9-25-23(15-22)19(2)14-26(34-25)31(37)38/h3-5,8-9,14-16,20H,6-7,10-13,17H2,1-2H3,(H,37,38). The van der Waals surface area contributed by atoms with Crippen molar-refractivity contribution in [3.05, 3.63) is 81.7 Å². The number of aromatic nitrogens is 2. The van der Waals surface area contributed by atoms with Gasteiger partial charge in [0.15, 0.2) is 0 Å². The molecular formula is C32H30ClN3O3. The number of carbonyl (C=O) groups is 1. The van der Waals surface area contributed by atoms with Crippen LogP contribution in [0.1, 0.15) is 71.0 Å². The maximum atomic E-state index is 11.4. The van der Waals surface area contributed by atoms with Crippen LogP contribution in [-0.2, 0) is 0 Å². The van der Waals surface area contributed by atoms with Gasteiger partial charge < -0.3 is 14.5 Å². The molecule has 0 radical (unpaired) electrons. The zero-order valence-corrected chi connectivity index (χ0v) is 22.9. The lowest BCUT2D eigenvalue weighted by molar-refractivity contribution is 0.0691. The Morgan fingerprint density at radius 1 is 1.08 bits per heavy atom. The molecule has 7 heteroatoms. The van der Waals surface area contributed by atoms with Crippen molar-refractivity contribution in [2.24, 2.45) is 5.41 Å². The summed E-state index contributed by atoms with van der Waals surface area (Å²) in [7, 11) is 0. The van der Waals surface area contributed by atoms with E-state index >= 15 is 0 Å². The van der Waals surface area contributed by atoms with Crippen LogP contribution >= 0.6 is 11.6 Å². The molecule has 1 N–H and O–H groups in total. The molecule has 0 atom stereocenters. The van der Waals surface area contributed by atoms with Crippen LogP contribution in [-0.4, -0.2) is 34.3 Å². The second-order valence-corrected chi connectivity index (χ2v) is 11.9. The predicted molar refractivity (Wildman–Crippen MR) is 154 cm³/mol. The number of piperidine rings is 1. The van der Waals surface area contributed by atoms with E-state index in [1.54, 1.807) is 6.07 Å². The summed E-state index contributed by atoms with van der Waals surface area (Å²) >= 11 is 6.65. The second kappa shape index (κ2) is 8.95. The number of fused-ring (bicyclic) bond motifs is 1. The number of allylic oxidation sites excluding steroid dienone is 2. The van der Waals surface area contributed by atoms with E-state index in [4.69, 9.17) is 16.1 Å². The van der Waals surface area contributed by atoms with Crippen molar-refractivity contribution in [3.63, 3.8) is 0 Å². The molecule has 1 aliphatic heterocycles. The van der Waals surface area contributed by atoms with E-state index in [0.717, 1.165) is 89.3 Å². The summed E-state index contributed by atoms with van der Waals surface area (Å²) < 4.78 is 5.96. The van der Waals surface area contributed by atoms with Crippen molar-refractivity contribution in [2.45, 2.75) is 51.9 Å². The summed E-state index contributed by atoms with van der Waals surface area (Å²) in [4.78, 5) is 18.1. The molecule has 2 aromatic heterocycles.